The highest BCUT2D eigenvalue weighted by Crippen LogP contribution is 2.23. The Labute approximate surface area is 145 Å². The molecule has 4 rings (SSSR count). The van der Waals surface area contributed by atoms with Gasteiger partial charge in [-0.05, 0) is 29.8 Å². The molecule has 0 spiro atoms. The normalized spacial score (nSPS) is 20.5. The molecule has 0 aliphatic carbocycles. The molecule has 1 aliphatic heterocycles. The van der Waals surface area contributed by atoms with E-state index in [2.05, 4.69) is 10.3 Å². The van der Waals surface area contributed by atoms with Gasteiger partial charge in [0.05, 0.1) is 25.9 Å². The van der Waals surface area contributed by atoms with Crippen LogP contribution in [0.3, 0.4) is 0 Å². The maximum atomic E-state index is 9.13. The Hall–Kier alpha value is -2.57. The average Bonchev–Trinajstić information content (AvgIpc) is 3.06. The quantitative estimate of drug-likeness (QED) is 0.744. The lowest BCUT2D eigenvalue weighted by Crippen LogP contribution is -2.45. The van der Waals surface area contributed by atoms with Crippen LogP contribution in [0.25, 0.3) is 11.1 Å². The summed E-state index contributed by atoms with van der Waals surface area (Å²) < 4.78 is 17.4. The summed E-state index contributed by atoms with van der Waals surface area (Å²) in [5.41, 5.74) is 2.43. The first-order valence-corrected chi connectivity index (χ1v) is 8.38. The minimum Gasteiger partial charge on any atom is -0.488 e. The molecule has 6 nitrogen and oxygen atoms in total. The van der Waals surface area contributed by atoms with Crippen molar-refractivity contribution >= 4 is 17.1 Å². The molecule has 25 heavy (non-hydrogen) atoms. The minimum atomic E-state index is -0.0562. The second-order valence-electron chi connectivity index (χ2n) is 6.06. The predicted octanol–water partition coefficient (Wildman–Crippen LogP) is 2.97. The van der Waals surface area contributed by atoms with Crippen molar-refractivity contribution in [2.75, 3.05) is 18.5 Å². The van der Waals surface area contributed by atoms with Crippen LogP contribution in [0.4, 0.5) is 6.01 Å². The summed E-state index contributed by atoms with van der Waals surface area (Å²) in [5.74, 6) is 0.772. The van der Waals surface area contributed by atoms with E-state index < -0.39 is 0 Å². The molecule has 0 unspecified atom stereocenters. The van der Waals surface area contributed by atoms with Crippen LogP contribution in [-0.2, 0) is 11.3 Å². The molecule has 1 aliphatic rings. The van der Waals surface area contributed by atoms with E-state index in [9.17, 15) is 0 Å². The number of aromatic nitrogens is 1. The number of ether oxygens (including phenoxy) is 2. The molecule has 6 heteroatoms. The zero-order chi connectivity index (χ0) is 17.1. The number of hydrogen-bond acceptors (Lipinski definition) is 6. The van der Waals surface area contributed by atoms with E-state index in [1.165, 1.54) is 0 Å². The first-order valence-electron chi connectivity index (χ1n) is 8.38. The van der Waals surface area contributed by atoms with E-state index in [1.54, 1.807) is 0 Å². The fourth-order valence-corrected chi connectivity index (χ4v) is 2.93. The van der Waals surface area contributed by atoms with Crippen molar-refractivity contribution in [3.8, 4) is 5.75 Å². The van der Waals surface area contributed by atoms with Gasteiger partial charge in [0.15, 0.2) is 5.58 Å². The van der Waals surface area contributed by atoms with Crippen molar-refractivity contribution < 1.29 is 19.0 Å². The number of nitrogens with zero attached hydrogens (tertiary/aromatic N) is 1. The number of aliphatic hydroxyl groups is 1. The molecule has 0 bridgehead atoms. The molecule has 1 aromatic heterocycles. The molecular weight excluding hydrogens is 320 g/mol. The Bertz CT molecular complexity index is 798. The largest absolute Gasteiger partial charge is 0.488 e. The second kappa shape index (κ2) is 7.13. The van der Waals surface area contributed by atoms with Gasteiger partial charge in [-0.2, -0.15) is 4.98 Å². The summed E-state index contributed by atoms with van der Waals surface area (Å²) in [4.78, 5) is 4.45. The van der Waals surface area contributed by atoms with Crippen LogP contribution in [0.5, 0.6) is 5.75 Å². The summed E-state index contributed by atoms with van der Waals surface area (Å²) in [6.45, 7) is 1.21. The van der Waals surface area contributed by atoms with Gasteiger partial charge >= 0.3 is 0 Å². The van der Waals surface area contributed by atoms with Gasteiger partial charge < -0.3 is 24.3 Å². The van der Waals surface area contributed by atoms with Crippen LogP contribution in [0, 0.1) is 0 Å². The number of aliphatic hydroxyl groups excluding tert-OH is 1. The topological polar surface area (TPSA) is 76.8 Å². The summed E-state index contributed by atoms with van der Waals surface area (Å²) >= 11 is 0. The van der Waals surface area contributed by atoms with Gasteiger partial charge in [0.1, 0.15) is 17.4 Å². The number of para-hydroxylation sites is 2. The van der Waals surface area contributed by atoms with E-state index >= 15 is 0 Å². The van der Waals surface area contributed by atoms with Gasteiger partial charge in [-0.15, -0.1) is 0 Å². The smallest absolute Gasteiger partial charge is 0.296 e. The number of anilines is 1. The monoisotopic (exact) mass is 340 g/mol. The predicted molar refractivity (Wildman–Crippen MR) is 93.6 cm³/mol. The first-order chi connectivity index (χ1) is 12.3. The van der Waals surface area contributed by atoms with Crippen molar-refractivity contribution in [1.82, 2.24) is 4.98 Å². The van der Waals surface area contributed by atoms with Crippen LogP contribution in [0.2, 0.25) is 0 Å². The molecule has 0 radical (unpaired) electrons. The lowest BCUT2D eigenvalue weighted by atomic mass is 10.1. The van der Waals surface area contributed by atoms with E-state index in [0.717, 1.165) is 28.8 Å². The van der Waals surface area contributed by atoms with E-state index in [-0.39, 0.29) is 18.8 Å². The second-order valence-corrected chi connectivity index (χ2v) is 6.06. The maximum Gasteiger partial charge on any atom is 0.296 e. The molecule has 3 aromatic rings. The van der Waals surface area contributed by atoms with Gasteiger partial charge in [0.25, 0.3) is 6.01 Å². The Morgan fingerprint density at radius 3 is 2.80 bits per heavy atom. The maximum absolute atomic E-state index is 9.13. The van der Waals surface area contributed by atoms with Gasteiger partial charge in [0.2, 0.25) is 0 Å². The third kappa shape index (κ3) is 3.60. The molecule has 2 heterocycles. The minimum absolute atomic E-state index is 0.0272. The van der Waals surface area contributed by atoms with Gasteiger partial charge in [0, 0.05) is 6.42 Å². The Kier molecular flexibility index (Phi) is 4.54. The lowest BCUT2D eigenvalue weighted by molar-refractivity contribution is 0.0141. The molecule has 1 fully saturated rings. The van der Waals surface area contributed by atoms with Crippen molar-refractivity contribution in [3.63, 3.8) is 0 Å². The van der Waals surface area contributed by atoms with Crippen molar-refractivity contribution in [2.45, 2.75) is 25.2 Å². The standard InChI is InChI=1S/C19H20N2O4/c22-11-13-5-7-14(8-6-13)24-18-9-10-23-12-16(18)21-19-20-15-3-1-2-4-17(15)25-19/h1-8,16,18,22H,9-12H2,(H,20,21)/t16-,18-/m1/s1. The number of oxazole rings is 1. The molecule has 130 valence electrons. The number of rotatable bonds is 5. The molecule has 0 amide bonds. The SMILES string of the molecule is OCc1ccc(O[C@@H]2CCOC[C@H]2Nc2nc3ccccc3o2)cc1. The number of benzene rings is 2. The first kappa shape index (κ1) is 15.9. The van der Waals surface area contributed by atoms with Crippen LogP contribution in [0.1, 0.15) is 12.0 Å². The van der Waals surface area contributed by atoms with Crippen LogP contribution >= 0.6 is 0 Å². The average molecular weight is 340 g/mol. The molecule has 1 saturated heterocycles. The van der Waals surface area contributed by atoms with Crippen LogP contribution in [0.15, 0.2) is 52.9 Å². The van der Waals surface area contributed by atoms with Gasteiger partial charge in [-0.1, -0.05) is 24.3 Å². The van der Waals surface area contributed by atoms with E-state index in [1.807, 2.05) is 48.5 Å². The van der Waals surface area contributed by atoms with Crippen molar-refractivity contribution in [3.05, 3.63) is 54.1 Å². The Balaban J connectivity index is 1.48. The van der Waals surface area contributed by atoms with Crippen molar-refractivity contribution in [1.29, 1.82) is 0 Å². The van der Waals surface area contributed by atoms with E-state index in [0.29, 0.717) is 19.2 Å². The van der Waals surface area contributed by atoms with Crippen LogP contribution in [-0.4, -0.2) is 35.5 Å². The molecule has 2 N–H and O–H groups in total. The number of hydrogen-bond donors (Lipinski definition) is 2. The molecule has 2 atom stereocenters. The summed E-state index contributed by atoms with van der Waals surface area (Å²) in [7, 11) is 0. The van der Waals surface area contributed by atoms with Gasteiger partial charge in [-0.3, -0.25) is 0 Å². The number of fused-ring (bicyclic) bond motifs is 1. The third-order valence-corrected chi connectivity index (χ3v) is 4.29. The highest BCUT2D eigenvalue weighted by molar-refractivity contribution is 5.74. The summed E-state index contributed by atoms with van der Waals surface area (Å²) in [5, 5.41) is 12.4. The van der Waals surface area contributed by atoms with Crippen LogP contribution < -0.4 is 10.1 Å². The van der Waals surface area contributed by atoms with E-state index in [4.69, 9.17) is 19.0 Å². The zero-order valence-corrected chi connectivity index (χ0v) is 13.7. The fourth-order valence-electron chi connectivity index (χ4n) is 2.93. The fraction of sp³-hybridized carbons (Fsp3) is 0.316. The lowest BCUT2D eigenvalue weighted by Gasteiger charge is -2.32. The molecule has 2 aromatic carbocycles. The third-order valence-electron chi connectivity index (χ3n) is 4.29. The Morgan fingerprint density at radius 1 is 1.16 bits per heavy atom. The highest BCUT2D eigenvalue weighted by Gasteiger charge is 2.29. The summed E-state index contributed by atoms with van der Waals surface area (Å²) in [6.07, 6.45) is 0.725. The highest BCUT2D eigenvalue weighted by atomic mass is 16.5. The van der Waals surface area contributed by atoms with Crippen molar-refractivity contribution in [2.24, 2.45) is 0 Å². The van der Waals surface area contributed by atoms with Gasteiger partial charge in [-0.25, -0.2) is 0 Å². The molecule has 0 saturated carbocycles. The molecular formula is C19H20N2O4. The zero-order valence-electron chi connectivity index (χ0n) is 13.7. The number of nitrogens with one attached hydrogen (secondary N) is 1. The Morgan fingerprint density at radius 2 is 2.00 bits per heavy atom. The summed E-state index contributed by atoms with van der Waals surface area (Å²) in [6, 6.07) is 15.5.